The molecule has 0 fully saturated rings. The van der Waals surface area contributed by atoms with E-state index >= 15 is 0 Å². The summed E-state index contributed by atoms with van der Waals surface area (Å²) in [5.74, 6) is -0.186. The third-order valence-electron chi connectivity index (χ3n) is 2.95. The van der Waals surface area contributed by atoms with E-state index < -0.39 is 15.6 Å². The Hall–Kier alpha value is -1.54. The van der Waals surface area contributed by atoms with Crippen LogP contribution < -0.4 is 0 Å². The Morgan fingerprint density at radius 1 is 1.19 bits per heavy atom. The van der Waals surface area contributed by atoms with Gasteiger partial charge in [-0.1, -0.05) is 30.3 Å². The monoisotopic (exact) mass is 321 g/mol. The molecule has 0 aliphatic carbocycles. The van der Waals surface area contributed by atoms with Crippen LogP contribution in [0.2, 0.25) is 0 Å². The molecule has 1 aromatic rings. The number of nitrogens with zero attached hydrogens (tertiary/aromatic N) is 1. The van der Waals surface area contributed by atoms with Gasteiger partial charge >= 0.3 is 15.6 Å². The minimum atomic E-state index is -5.59. The first-order chi connectivity index (χ1) is 9.78. The fourth-order valence-electron chi connectivity index (χ4n) is 2.00. The highest BCUT2D eigenvalue weighted by Crippen LogP contribution is 2.27. The highest BCUT2D eigenvalue weighted by Gasteiger charge is 2.49. The topological polar surface area (TPSA) is 46.6 Å². The Morgan fingerprint density at radius 2 is 1.86 bits per heavy atom. The molecule has 0 saturated carbocycles. The Kier molecular flexibility index (Phi) is 4.58. The van der Waals surface area contributed by atoms with E-state index in [1.807, 2.05) is 35.2 Å². The van der Waals surface area contributed by atoms with Crippen LogP contribution in [0.4, 0.5) is 13.2 Å². The second kappa shape index (κ2) is 6.07. The van der Waals surface area contributed by atoms with Gasteiger partial charge in [0.15, 0.2) is 0 Å². The van der Waals surface area contributed by atoms with Gasteiger partial charge in [0.2, 0.25) is 0 Å². The summed E-state index contributed by atoms with van der Waals surface area (Å²) in [6.07, 6.45) is 1.82. The van der Waals surface area contributed by atoms with Gasteiger partial charge in [0.1, 0.15) is 5.76 Å². The Balaban J connectivity index is 2.00. The van der Waals surface area contributed by atoms with Crippen molar-refractivity contribution in [3.63, 3.8) is 0 Å². The van der Waals surface area contributed by atoms with Crippen molar-refractivity contribution in [1.29, 1.82) is 0 Å². The second-order valence-electron chi connectivity index (χ2n) is 4.64. The minimum absolute atomic E-state index is 0.0319. The van der Waals surface area contributed by atoms with Gasteiger partial charge in [0.25, 0.3) is 0 Å². The molecule has 0 atom stereocenters. The summed E-state index contributed by atoms with van der Waals surface area (Å²) >= 11 is 0. The summed E-state index contributed by atoms with van der Waals surface area (Å²) in [6.45, 7) is 1.19. The van der Waals surface area contributed by atoms with Gasteiger partial charge in [-0.3, -0.25) is 4.90 Å². The van der Waals surface area contributed by atoms with Gasteiger partial charge in [-0.15, -0.1) is 0 Å². The lowest BCUT2D eigenvalue weighted by atomic mass is 10.1. The maximum absolute atomic E-state index is 12.3. The molecule has 4 nitrogen and oxygen atoms in total. The Bertz CT molecular complexity index is 611. The van der Waals surface area contributed by atoms with Crippen molar-refractivity contribution >= 4 is 10.1 Å². The molecule has 0 aromatic heterocycles. The molecule has 1 aliphatic rings. The van der Waals surface area contributed by atoms with Crippen LogP contribution in [0.1, 0.15) is 12.0 Å². The predicted octanol–water partition coefficient (Wildman–Crippen LogP) is 2.64. The van der Waals surface area contributed by atoms with Gasteiger partial charge in [-0.2, -0.15) is 21.6 Å². The maximum atomic E-state index is 12.3. The Morgan fingerprint density at radius 3 is 2.48 bits per heavy atom. The molecule has 2 rings (SSSR count). The molecule has 0 spiro atoms. The molecule has 1 heterocycles. The molecule has 8 heteroatoms. The summed E-state index contributed by atoms with van der Waals surface area (Å²) < 4.78 is 63.0. The zero-order valence-electron chi connectivity index (χ0n) is 11.0. The lowest BCUT2D eigenvalue weighted by Gasteiger charge is -2.26. The van der Waals surface area contributed by atoms with E-state index in [9.17, 15) is 21.6 Å². The van der Waals surface area contributed by atoms with E-state index in [1.165, 1.54) is 6.08 Å². The van der Waals surface area contributed by atoms with Gasteiger partial charge in [0.05, 0.1) is 6.54 Å². The normalized spacial score (nSPS) is 17.4. The van der Waals surface area contributed by atoms with Gasteiger partial charge in [0, 0.05) is 13.1 Å². The molecular weight excluding hydrogens is 307 g/mol. The molecule has 1 aliphatic heterocycles. The molecule has 0 amide bonds. The van der Waals surface area contributed by atoms with Crippen LogP contribution in [0, 0.1) is 0 Å². The number of hydrogen-bond acceptors (Lipinski definition) is 4. The van der Waals surface area contributed by atoms with E-state index in [-0.39, 0.29) is 12.3 Å². The smallest absolute Gasteiger partial charge is 0.380 e. The van der Waals surface area contributed by atoms with E-state index in [1.54, 1.807) is 0 Å². The molecule has 0 radical (unpaired) electrons. The molecular formula is C13H14F3NO3S. The molecule has 0 saturated heterocycles. The van der Waals surface area contributed by atoms with E-state index in [0.29, 0.717) is 19.5 Å². The summed E-state index contributed by atoms with van der Waals surface area (Å²) in [4.78, 5) is 1.83. The fourth-order valence-corrected chi connectivity index (χ4v) is 2.49. The lowest BCUT2D eigenvalue weighted by molar-refractivity contribution is -0.0526. The van der Waals surface area contributed by atoms with Crippen molar-refractivity contribution in [3.05, 3.63) is 47.7 Å². The highest BCUT2D eigenvalue weighted by atomic mass is 32.2. The van der Waals surface area contributed by atoms with Crippen LogP contribution in [-0.2, 0) is 20.8 Å². The number of alkyl halides is 3. The first-order valence-corrected chi connectivity index (χ1v) is 7.65. The van der Waals surface area contributed by atoms with Crippen molar-refractivity contribution in [2.45, 2.75) is 18.5 Å². The van der Waals surface area contributed by atoms with E-state index in [0.717, 1.165) is 5.56 Å². The van der Waals surface area contributed by atoms with Gasteiger partial charge in [-0.05, 0) is 18.1 Å². The van der Waals surface area contributed by atoms with Crippen LogP contribution in [0.5, 0.6) is 0 Å². The van der Waals surface area contributed by atoms with Crippen LogP contribution in [0.15, 0.2) is 42.2 Å². The number of hydrogen-bond donors (Lipinski definition) is 0. The van der Waals surface area contributed by atoms with Crippen molar-refractivity contribution in [1.82, 2.24) is 4.90 Å². The molecule has 1 aromatic carbocycles. The molecule has 21 heavy (non-hydrogen) atoms. The Labute approximate surface area is 120 Å². The van der Waals surface area contributed by atoms with E-state index in [4.69, 9.17) is 0 Å². The van der Waals surface area contributed by atoms with Crippen molar-refractivity contribution in [2.75, 3.05) is 13.1 Å². The zero-order chi connectivity index (χ0) is 15.5. The first-order valence-electron chi connectivity index (χ1n) is 6.24. The lowest BCUT2D eigenvalue weighted by Crippen LogP contribution is -2.33. The van der Waals surface area contributed by atoms with Crippen molar-refractivity contribution < 1.29 is 25.8 Å². The summed E-state index contributed by atoms with van der Waals surface area (Å²) in [5, 5.41) is 0. The summed E-state index contributed by atoms with van der Waals surface area (Å²) in [7, 11) is -5.59. The van der Waals surface area contributed by atoms with Crippen LogP contribution in [0.3, 0.4) is 0 Å². The van der Waals surface area contributed by atoms with Gasteiger partial charge in [-0.25, -0.2) is 0 Å². The molecule has 0 unspecified atom stereocenters. The second-order valence-corrected chi connectivity index (χ2v) is 6.18. The number of rotatable bonds is 4. The number of halogens is 3. The van der Waals surface area contributed by atoms with E-state index in [2.05, 4.69) is 4.18 Å². The number of benzene rings is 1. The average Bonchev–Trinajstić information content (AvgIpc) is 2.38. The van der Waals surface area contributed by atoms with Crippen molar-refractivity contribution in [3.8, 4) is 0 Å². The van der Waals surface area contributed by atoms with Crippen LogP contribution >= 0.6 is 0 Å². The quantitative estimate of drug-likeness (QED) is 0.632. The van der Waals surface area contributed by atoms with Gasteiger partial charge < -0.3 is 4.18 Å². The standard InChI is InChI=1S/C13H14F3NO3S/c14-13(15,16)21(18,19)20-12-7-4-8-17(10-12)9-11-5-2-1-3-6-11/h1-3,5-7H,4,8-10H2. The predicted molar refractivity (Wildman–Crippen MR) is 70.5 cm³/mol. The first kappa shape index (κ1) is 15.8. The average molecular weight is 321 g/mol. The zero-order valence-corrected chi connectivity index (χ0v) is 11.8. The molecule has 0 N–H and O–H groups in total. The summed E-state index contributed by atoms with van der Waals surface area (Å²) in [5.41, 5.74) is -4.41. The maximum Gasteiger partial charge on any atom is 0.534 e. The fraction of sp³-hybridized carbons (Fsp3) is 0.385. The minimum Gasteiger partial charge on any atom is -0.380 e. The summed E-state index contributed by atoms with van der Waals surface area (Å²) in [6, 6.07) is 9.38. The SMILES string of the molecule is O=S(=O)(OC1=CCCN(Cc2ccccc2)C1)C(F)(F)F. The van der Waals surface area contributed by atoms with Crippen LogP contribution in [-0.4, -0.2) is 31.9 Å². The molecule has 0 bridgehead atoms. The van der Waals surface area contributed by atoms with Crippen LogP contribution in [0.25, 0.3) is 0 Å². The third kappa shape index (κ3) is 4.21. The highest BCUT2D eigenvalue weighted by molar-refractivity contribution is 7.87. The van der Waals surface area contributed by atoms with Crippen molar-refractivity contribution in [2.24, 2.45) is 0 Å². The largest absolute Gasteiger partial charge is 0.534 e. The third-order valence-corrected chi connectivity index (χ3v) is 3.95. The molecule has 116 valence electrons.